The van der Waals surface area contributed by atoms with Crippen molar-refractivity contribution in [3.8, 4) is 11.3 Å². The number of aryl methyl sites for hydroxylation is 1. The Balaban J connectivity index is 2.52. The van der Waals surface area contributed by atoms with E-state index in [1.54, 1.807) is 25.6 Å². The molecule has 0 saturated heterocycles. The third kappa shape index (κ3) is 1.90. The van der Waals surface area contributed by atoms with Crippen molar-refractivity contribution in [1.29, 1.82) is 0 Å². The largest absolute Gasteiger partial charge is 0.357 e. The average Bonchev–Trinajstić information content (AvgIpc) is 2.31. The van der Waals surface area contributed by atoms with E-state index in [0.29, 0.717) is 5.95 Å². The van der Waals surface area contributed by atoms with Crippen LogP contribution in [0.25, 0.3) is 11.3 Å². The molecule has 15 heavy (non-hydrogen) atoms. The second kappa shape index (κ2) is 4.00. The Hall–Kier alpha value is -2.04. The van der Waals surface area contributed by atoms with Crippen LogP contribution in [0.1, 0.15) is 5.56 Å². The number of hydrogen-bond acceptors (Lipinski definition) is 5. The second-order valence-electron chi connectivity index (χ2n) is 3.10. The van der Waals surface area contributed by atoms with Crippen molar-refractivity contribution in [2.75, 3.05) is 12.4 Å². The van der Waals surface area contributed by atoms with Crippen molar-refractivity contribution >= 4 is 5.95 Å². The van der Waals surface area contributed by atoms with Crippen LogP contribution in [0.2, 0.25) is 0 Å². The van der Waals surface area contributed by atoms with Gasteiger partial charge in [0.15, 0.2) is 0 Å². The van der Waals surface area contributed by atoms with Crippen LogP contribution in [0.4, 0.5) is 5.95 Å². The van der Waals surface area contributed by atoms with E-state index < -0.39 is 0 Å². The first-order valence-electron chi connectivity index (χ1n) is 4.58. The normalized spacial score (nSPS) is 10.0. The van der Waals surface area contributed by atoms with Gasteiger partial charge in [-0.3, -0.25) is 0 Å². The average molecular weight is 201 g/mol. The van der Waals surface area contributed by atoms with Gasteiger partial charge in [0.2, 0.25) is 5.95 Å². The lowest BCUT2D eigenvalue weighted by atomic mass is 10.1. The Labute approximate surface area is 87.6 Å². The molecule has 0 saturated carbocycles. The molecule has 76 valence electrons. The standard InChI is InChI=1S/C10H11N5/c1-7-3-14-10(11-2)15-9(7)8-4-12-6-13-5-8/h3-6H,1-2H3,(H,11,14,15). The van der Waals surface area contributed by atoms with E-state index in [2.05, 4.69) is 25.3 Å². The minimum atomic E-state index is 0.597. The lowest BCUT2D eigenvalue weighted by Crippen LogP contribution is -1.99. The van der Waals surface area contributed by atoms with Crippen LogP contribution in [0.3, 0.4) is 0 Å². The molecular formula is C10H11N5. The maximum Gasteiger partial charge on any atom is 0.222 e. The van der Waals surface area contributed by atoms with Crippen LogP contribution in [0, 0.1) is 6.92 Å². The van der Waals surface area contributed by atoms with E-state index >= 15 is 0 Å². The summed E-state index contributed by atoms with van der Waals surface area (Å²) in [5.74, 6) is 0.597. The minimum absolute atomic E-state index is 0.597. The number of hydrogen-bond donors (Lipinski definition) is 1. The highest BCUT2D eigenvalue weighted by molar-refractivity contribution is 5.61. The van der Waals surface area contributed by atoms with Crippen molar-refractivity contribution in [3.05, 3.63) is 30.5 Å². The third-order valence-corrected chi connectivity index (χ3v) is 2.03. The molecule has 2 rings (SSSR count). The van der Waals surface area contributed by atoms with Gasteiger partial charge in [0.25, 0.3) is 0 Å². The summed E-state index contributed by atoms with van der Waals surface area (Å²) in [4.78, 5) is 16.4. The fourth-order valence-corrected chi connectivity index (χ4v) is 1.28. The smallest absolute Gasteiger partial charge is 0.222 e. The first-order valence-corrected chi connectivity index (χ1v) is 4.58. The van der Waals surface area contributed by atoms with Crippen molar-refractivity contribution in [3.63, 3.8) is 0 Å². The molecule has 0 atom stereocenters. The molecule has 2 aromatic heterocycles. The van der Waals surface area contributed by atoms with Gasteiger partial charge in [-0.2, -0.15) is 0 Å². The maximum absolute atomic E-state index is 4.36. The molecule has 2 aromatic rings. The quantitative estimate of drug-likeness (QED) is 0.793. The molecule has 0 aliphatic rings. The molecule has 0 aliphatic heterocycles. The van der Waals surface area contributed by atoms with E-state index in [9.17, 15) is 0 Å². The van der Waals surface area contributed by atoms with Crippen LogP contribution in [-0.4, -0.2) is 27.0 Å². The number of nitrogens with zero attached hydrogens (tertiary/aromatic N) is 4. The van der Waals surface area contributed by atoms with E-state index in [0.717, 1.165) is 16.8 Å². The Morgan fingerprint density at radius 2 is 1.87 bits per heavy atom. The molecule has 5 heteroatoms. The van der Waals surface area contributed by atoms with Gasteiger partial charge >= 0.3 is 0 Å². The summed E-state index contributed by atoms with van der Waals surface area (Å²) >= 11 is 0. The topological polar surface area (TPSA) is 63.6 Å². The van der Waals surface area contributed by atoms with Crippen LogP contribution in [0.5, 0.6) is 0 Å². The maximum atomic E-state index is 4.36. The number of rotatable bonds is 2. The lowest BCUT2D eigenvalue weighted by molar-refractivity contribution is 1.10. The number of nitrogens with one attached hydrogen (secondary N) is 1. The second-order valence-corrected chi connectivity index (χ2v) is 3.10. The molecule has 0 amide bonds. The SMILES string of the molecule is CNc1ncc(C)c(-c2cncnc2)n1. The molecule has 0 spiro atoms. The van der Waals surface area contributed by atoms with Crippen LogP contribution < -0.4 is 5.32 Å². The Morgan fingerprint density at radius 3 is 2.53 bits per heavy atom. The highest BCUT2D eigenvalue weighted by Crippen LogP contribution is 2.19. The molecule has 0 unspecified atom stereocenters. The summed E-state index contributed by atoms with van der Waals surface area (Å²) in [6, 6.07) is 0. The van der Waals surface area contributed by atoms with Crippen LogP contribution in [0.15, 0.2) is 24.9 Å². The number of anilines is 1. The Kier molecular flexibility index (Phi) is 2.53. The predicted molar refractivity (Wildman–Crippen MR) is 57.3 cm³/mol. The summed E-state index contributed by atoms with van der Waals surface area (Å²) < 4.78 is 0. The molecule has 0 radical (unpaired) electrons. The molecular weight excluding hydrogens is 190 g/mol. The summed E-state index contributed by atoms with van der Waals surface area (Å²) in [5.41, 5.74) is 2.76. The van der Waals surface area contributed by atoms with Gasteiger partial charge < -0.3 is 5.32 Å². The molecule has 2 heterocycles. The van der Waals surface area contributed by atoms with Crippen molar-refractivity contribution < 1.29 is 0 Å². The monoisotopic (exact) mass is 201 g/mol. The van der Waals surface area contributed by atoms with Crippen molar-refractivity contribution in [1.82, 2.24) is 19.9 Å². The van der Waals surface area contributed by atoms with Gasteiger partial charge in [-0.25, -0.2) is 19.9 Å². The highest BCUT2D eigenvalue weighted by Gasteiger charge is 2.05. The molecule has 0 bridgehead atoms. The van der Waals surface area contributed by atoms with Gasteiger partial charge in [-0.1, -0.05) is 0 Å². The van der Waals surface area contributed by atoms with E-state index in [4.69, 9.17) is 0 Å². The fourth-order valence-electron chi connectivity index (χ4n) is 1.28. The Bertz CT molecular complexity index is 455. The molecule has 0 fully saturated rings. The molecule has 0 aromatic carbocycles. The van der Waals surface area contributed by atoms with Crippen molar-refractivity contribution in [2.24, 2.45) is 0 Å². The van der Waals surface area contributed by atoms with Crippen molar-refractivity contribution in [2.45, 2.75) is 6.92 Å². The van der Waals surface area contributed by atoms with E-state index in [1.165, 1.54) is 6.33 Å². The molecule has 0 aliphatic carbocycles. The van der Waals surface area contributed by atoms with Gasteiger partial charge in [0.1, 0.15) is 6.33 Å². The fraction of sp³-hybridized carbons (Fsp3) is 0.200. The first kappa shape index (κ1) is 9.51. The summed E-state index contributed by atoms with van der Waals surface area (Å²) in [6.45, 7) is 1.96. The molecule has 5 nitrogen and oxygen atoms in total. The van der Waals surface area contributed by atoms with Gasteiger partial charge in [-0.15, -0.1) is 0 Å². The zero-order chi connectivity index (χ0) is 10.7. The summed E-state index contributed by atoms with van der Waals surface area (Å²) in [6.07, 6.45) is 6.75. The first-order chi connectivity index (χ1) is 7.31. The van der Waals surface area contributed by atoms with E-state index in [-0.39, 0.29) is 0 Å². The van der Waals surface area contributed by atoms with Gasteiger partial charge in [-0.05, 0) is 12.5 Å². The molecule has 1 N–H and O–H groups in total. The zero-order valence-corrected chi connectivity index (χ0v) is 8.60. The summed E-state index contributed by atoms with van der Waals surface area (Å²) in [5, 5.41) is 2.90. The van der Waals surface area contributed by atoms with Gasteiger partial charge in [0.05, 0.1) is 5.69 Å². The van der Waals surface area contributed by atoms with Gasteiger partial charge in [0, 0.05) is 31.2 Å². The number of aromatic nitrogens is 4. The summed E-state index contributed by atoms with van der Waals surface area (Å²) in [7, 11) is 1.79. The Morgan fingerprint density at radius 1 is 1.13 bits per heavy atom. The third-order valence-electron chi connectivity index (χ3n) is 2.03. The zero-order valence-electron chi connectivity index (χ0n) is 8.60. The minimum Gasteiger partial charge on any atom is -0.357 e. The predicted octanol–water partition coefficient (Wildman–Crippen LogP) is 1.28. The van der Waals surface area contributed by atoms with Crippen LogP contribution >= 0.6 is 0 Å². The highest BCUT2D eigenvalue weighted by atomic mass is 15.1. The van der Waals surface area contributed by atoms with Crippen LogP contribution in [-0.2, 0) is 0 Å². The lowest BCUT2D eigenvalue weighted by Gasteiger charge is -2.05. The van der Waals surface area contributed by atoms with E-state index in [1.807, 2.05) is 6.92 Å².